The van der Waals surface area contributed by atoms with E-state index < -0.39 is 5.97 Å². The van der Waals surface area contributed by atoms with Crippen LogP contribution in [0.1, 0.15) is 74.5 Å². The number of rotatable bonds is 12. The Labute approximate surface area is 205 Å². The second kappa shape index (κ2) is 13.3. The summed E-state index contributed by atoms with van der Waals surface area (Å²) in [6.07, 6.45) is 12.4. The zero-order valence-electron chi connectivity index (χ0n) is 20.7. The van der Waals surface area contributed by atoms with E-state index in [0.717, 1.165) is 31.6 Å². The average molecular weight is 461 g/mol. The fourth-order valence-electron chi connectivity index (χ4n) is 5.06. The van der Waals surface area contributed by atoms with Crippen molar-refractivity contribution in [1.82, 2.24) is 0 Å². The van der Waals surface area contributed by atoms with Crippen molar-refractivity contribution in [3.8, 4) is 11.1 Å². The Kier molecular flexibility index (Phi) is 10.2. The molecule has 1 fully saturated rings. The van der Waals surface area contributed by atoms with Gasteiger partial charge in [-0.25, -0.2) is 4.79 Å². The van der Waals surface area contributed by atoms with Gasteiger partial charge in [0.05, 0.1) is 18.8 Å². The molecule has 1 saturated carbocycles. The first kappa shape index (κ1) is 26.0. The molecule has 2 aromatic rings. The number of carbonyl (C=O) groups excluding carboxylic acids is 1. The number of benzene rings is 2. The molecule has 3 nitrogen and oxygen atoms in total. The highest BCUT2D eigenvalue weighted by atomic mass is 16.5. The second-order valence-electron chi connectivity index (χ2n) is 9.55. The molecule has 1 N–H and O–H groups in total. The Balaban J connectivity index is 1.56. The number of ether oxygens (including phenoxy) is 1. The largest absolute Gasteiger partial charge is 0.462 e. The minimum atomic E-state index is -0.517. The minimum Gasteiger partial charge on any atom is -0.462 e. The van der Waals surface area contributed by atoms with Gasteiger partial charge in [-0.3, -0.25) is 0 Å². The normalized spacial score (nSPS) is 17.8. The number of aliphatic hydroxyl groups excluding tert-OH is 1. The maximum absolute atomic E-state index is 11.6. The molecule has 1 aliphatic carbocycles. The van der Waals surface area contributed by atoms with Crippen LogP contribution in [-0.2, 0) is 22.4 Å². The van der Waals surface area contributed by atoms with E-state index in [4.69, 9.17) is 9.84 Å². The van der Waals surface area contributed by atoms with Crippen LogP contribution in [0.2, 0.25) is 0 Å². The number of hydrogen-bond donors (Lipinski definition) is 1. The van der Waals surface area contributed by atoms with Crippen LogP contribution < -0.4 is 0 Å². The van der Waals surface area contributed by atoms with E-state index in [1.54, 1.807) is 0 Å². The van der Waals surface area contributed by atoms with Gasteiger partial charge in [0.1, 0.15) is 0 Å². The van der Waals surface area contributed by atoms with Crippen LogP contribution in [0.3, 0.4) is 0 Å². The quantitative estimate of drug-likeness (QED) is 0.158. The van der Waals surface area contributed by atoms with E-state index in [9.17, 15) is 4.79 Å². The van der Waals surface area contributed by atoms with Gasteiger partial charge in [-0.1, -0.05) is 62.0 Å². The van der Waals surface area contributed by atoms with Crippen molar-refractivity contribution in [3.05, 3.63) is 84.0 Å². The number of aliphatic hydroxyl groups is 1. The second-order valence-corrected chi connectivity index (χ2v) is 9.55. The van der Waals surface area contributed by atoms with Gasteiger partial charge in [0, 0.05) is 0 Å². The molecule has 3 heteroatoms. The molecule has 0 atom stereocenters. The van der Waals surface area contributed by atoms with Gasteiger partial charge in [-0.2, -0.15) is 0 Å². The van der Waals surface area contributed by atoms with Gasteiger partial charge >= 0.3 is 5.97 Å². The molecular formula is C31H40O3. The summed E-state index contributed by atoms with van der Waals surface area (Å²) in [4.78, 5) is 11.6. The molecule has 34 heavy (non-hydrogen) atoms. The molecule has 2 aromatic carbocycles. The molecule has 182 valence electrons. The summed E-state index contributed by atoms with van der Waals surface area (Å²) in [6.45, 7) is 9.52. The SMILES string of the molecule is C=CCCC1CCC(c2ccc(-c3ccc(CCCOC(=O)C(=C)CO)cc3CC)cc2)CC1. The molecule has 0 radical (unpaired) electrons. The van der Waals surface area contributed by atoms with Crippen LogP contribution in [0, 0.1) is 5.92 Å². The third kappa shape index (κ3) is 7.17. The smallest absolute Gasteiger partial charge is 0.335 e. The maximum atomic E-state index is 11.6. The summed E-state index contributed by atoms with van der Waals surface area (Å²) in [5.41, 5.74) is 6.76. The fourth-order valence-corrected chi connectivity index (χ4v) is 5.06. The average Bonchev–Trinajstić information content (AvgIpc) is 2.89. The van der Waals surface area contributed by atoms with Crippen LogP contribution in [0.25, 0.3) is 11.1 Å². The Hall–Kier alpha value is -2.65. The van der Waals surface area contributed by atoms with Crippen molar-refractivity contribution in [2.75, 3.05) is 13.2 Å². The van der Waals surface area contributed by atoms with Crippen molar-refractivity contribution in [2.24, 2.45) is 5.92 Å². The van der Waals surface area contributed by atoms with Crippen LogP contribution in [0.15, 0.2) is 67.3 Å². The Morgan fingerprint density at radius 1 is 1.12 bits per heavy atom. The van der Waals surface area contributed by atoms with Gasteiger partial charge in [0.15, 0.2) is 0 Å². The predicted molar refractivity (Wildman–Crippen MR) is 141 cm³/mol. The Morgan fingerprint density at radius 2 is 1.85 bits per heavy atom. The number of aryl methyl sites for hydroxylation is 2. The molecule has 0 bridgehead atoms. The highest BCUT2D eigenvalue weighted by Gasteiger charge is 2.22. The first-order chi connectivity index (χ1) is 16.5. The number of allylic oxidation sites excluding steroid dienone is 1. The lowest BCUT2D eigenvalue weighted by Crippen LogP contribution is -2.13. The molecule has 1 aliphatic rings. The monoisotopic (exact) mass is 460 g/mol. The van der Waals surface area contributed by atoms with E-state index in [-0.39, 0.29) is 12.2 Å². The maximum Gasteiger partial charge on any atom is 0.335 e. The minimum absolute atomic E-state index is 0.0971. The van der Waals surface area contributed by atoms with Gasteiger partial charge in [0.2, 0.25) is 0 Å². The summed E-state index contributed by atoms with van der Waals surface area (Å²) >= 11 is 0. The lowest BCUT2D eigenvalue weighted by Gasteiger charge is -2.28. The van der Waals surface area contributed by atoms with Gasteiger partial charge < -0.3 is 9.84 Å². The first-order valence-electron chi connectivity index (χ1n) is 12.8. The summed E-state index contributed by atoms with van der Waals surface area (Å²) in [5.74, 6) is 1.06. The summed E-state index contributed by atoms with van der Waals surface area (Å²) in [7, 11) is 0. The van der Waals surface area contributed by atoms with E-state index in [1.165, 1.54) is 59.9 Å². The van der Waals surface area contributed by atoms with Crippen molar-refractivity contribution in [2.45, 2.75) is 70.6 Å². The molecule has 0 amide bonds. The van der Waals surface area contributed by atoms with Crippen molar-refractivity contribution in [3.63, 3.8) is 0 Å². The standard InChI is InChI=1S/C31H40O3/c1-4-6-8-24-10-13-27(14-11-24)28-15-17-29(18-16-28)30-19-12-25(21-26(30)5-2)9-7-20-34-31(33)23(3)22-32/h4,12,15-19,21,24,27,32H,1,3,5-11,13-14,20,22H2,2H3. The summed E-state index contributed by atoms with van der Waals surface area (Å²) in [6, 6.07) is 16.0. The van der Waals surface area contributed by atoms with Crippen LogP contribution >= 0.6 is 0 Å². The summed E-state index contributed by atoms with van der Waals surface area (Å²) in [5, 5.41) is 8.93. The number of esters is 1. The lowest BCUT2D eigenvalue weighted by molar-refractivity contribution is -0.139. The van der Waals surface area contributed by atoms with E-state index >= 15 is 0 Å². The molecule has 0 aromatic heterocycles. The molecule has 0 saturated heterocycles. The van der Waals surface area contributed by atoms with Gasteiger partial charge in [0.25, 0.3) is 0 Å². The molecule has 0 unspecified atom stereocenters. The Bertz CT molecular complexity index is 949. The first-order valence-corrected chi connectivity index (χ1v) is 12.8. The predicted octanol–water partition coefficient (Wildman–Crippen LogP) is 7.18. The van der Waals surface area contributed by atoms with Crippen LogP contribution in [0.5, 0.6) is 0 Å². The van der Waals surface area contributed by atoms with Crippen molar-refractivity contribution >= 4 is 5.97 Å². The highest BCUT2D eigenvalue weighted by Crippen LogP contribution is 2.38. The van der Waals surface area contributed by atoms with Crippen molar-refractivity contribution < 1.29 is 14.6 Å². The number of hydrogen-bond acceptors (Lipinski definition) is 3. The molecule has 3 rings (SSSR count). The van der Waals surface area contributed by atoms with E-state index in [0.29, 0.717) is 12.5 Å². The fraction of sp³-hybridized carbons (Fsp3) is 0.452. The van der Waals surface area contributed by atoms with Gasteiger partial charge in [-0.05, 0) is 97.4 Å². The van der Waals surface area contributed by atoms with E-state index in [2.05, 4.69) is 68.6 Å². The van der Waals surface area contributed by atoms with Gasteiger partial charge in [-0.15, -0.1) is 6.58 Å². The zero-order chi connectivity index (χ0) is 24.3. The Morgan fingerprint density at radius 3 is 2.50 bits per heavy atom. The van der Waals surface area contributed by atoms with Crippen LogP contribution in [0.4, 0.5) is 0 Å². The highest BCUT2D eigenvalue weighted by molar-refractivity contribution is 5.87. The molecule has 0 aliphatic heterocycles. The molecule has 0 spiro atoms. The van der Waals surface area contributed by atoms with Crippen molar-refractivity contribution in [1.29, 1.82) is 0 Å². The number of carbonyl (C=O) groups is 1. The third-order valence-corrected chi connectivity index (χ3v) is 7.19. The third-order valence-electron chi connectivity index (χ3n) is 7.19. The molecular weight excluding hydrogens is 420 g/mol. The molecule has 0 heterocycles. The van der Waals surface area contributed by atoms with E-state index in [1.807, 2.05) is 0 Å². The van der Waals surface area contributed by atoms with Crippen LogP contribution in [-0.4, -0.2) is 24.3 Å². The lowest BCUT2D eigenvalue weighted by atomic mass is 9.77. The zero-order valence-corrected chi connectivity index (χ0v) is 20.7. The topological polar surface area (TPSA) is 46.5 Å². The summed E-state index contributed by atoms with van der Waals surface area (Å²) < 4.78 is 5.15.